The Balaban J connectivity index is 2.46. The third-order valence-electron chi connectivity index (χ3n) is 3.69. The molecule has 0 aliphatic heterocycles. The van der Waals surface area contributed by atoms with E-state index < -0.39 is 9.85 Å². The maximum atomic E-state index is 11.3. The second-order valence-electron chi connectivity index (χ2n) is 5.70. The van der Waals surface area contributed by atoms with E-state index in [9.17, 15) is 25.5 Å². The Morgan fingerprint density at radius 2 is 1.72 bits per heavy atom. The molecule has 126 valence electrons. The van der Waals surface area contributed by atoms with Gasteiger partial charge in [-0.2, -0.15) is 5.26 Å². The van der Waals surface area contributed by atoms with Crippen LogP contribution in [0.4, 0.5) is 11.4 Å². The van der Waals surface area contributed by atoms with E-state index in [2.05, 4.69) is 0 Å². The van der Waals surface area contributed by atoms with Gasteiger partial charge in [-0.3, -0.25) is 20.2 Å². The van der Waals surface area contributed by atoms with E-state index in [0.29, 0.717) is 16.7 Å². The molecule has 25 heavy (non-hydrogen) atoms. The Hall–Kier alpha value is -3.53. The summed E-state index contributed by atoms with van der Waals surface area (Å²) in [6.07, 6.45) is 1.53. The van der Waals surface area contributed by atoms with Crippen LogP contribution in [0.1, 0.15) is 36.5 Å². The van der Waals surface area contributed by atoms with Gasteiger partial charge >= 0.3 is 0 Å². The van der Waals surface area contributed by atoms with Gasteiger partial charge in [-0.1, -0.05) is 26.0 Å². The average Bonchev–Trinajstić information content (AvgIpc) is 2.59. The first-order valence-corrected chi connectivity index (χ1v) is 7.48. The summed E-state index contributed by atoms with van der Waals surface area (Å²) in [5.74, 6) is 0.00328. The van der Waals surface area contributed by atoms with Gasteiger partial charge in [-0.05, 0) is 35.3 Å². The molecule has 2 rings (SSSR count). The van der Waals surface area contributed by atoms with Gasteiger partial charge in [0, 0.05) is 23.8 Å². The first-order chi connectivity index (χ1) is 11.8. The van der Waals surface area contributed by atoms with Crippen LogP contribution in [-0.2, 0) is 0 Å². The summed E-state index contributed by atoms with van der Waals surface area (Å²) < 4.78 is 0. The number of allylic oxidation sites excluding steroid dienone is 1. The highest BCUT2D eigenvalue weighted by molar-refractivity contribution is 5.90. The minimum absolute atomic E-state index is 0.00328. The molecule has 0 fully saturated rings. The fourth-order valence-electron chi connectivity index (χ4n) is 2.41. The zero-order valence-corrected chi connectivity index (χ0v) is 13.7. The van der Waals surface area contributed by atoms with Crippen molar-refractivity contribution in [2.24, 2.45) is 0 Å². The first-order valence-electron chi connectivity index (χ1n) is 7.48. The van der Waals surface area contributed by atoms with Gasteiger partial charge in [0.05, 0.1) is 21.5 Å². The summed E-state index contributed by atoms with van der Waals surface area (Å²) in [6.45, 7) is 3.74. The summed E-state index contributed by atoms with van der Waals surface area (Å²) >= 11 is 0. The topological polar surface area (TPSA) is 110 Å². The molecule has 0 heterocycles. The van der Waals surface area contributed by atoms with Crippen LogP contribution in [0.3, 0.4) is 0 Å². The normalized spacial score (nSPS) is 11.2. The molecule has 0 saturated heterocycles. The highest BCUT2D eigenvalue weighted by Gasteiger charge is 2.17. The minimum Gasteiger partial charge on any atom is -0.258 e. The van der Waals surface area contributed by atoms with Crippen molar-refractivity contribution in [2.75, 3.05) is 0 Å². The summed E-state index contributed by atoms with van der Waals surface area (Å²) in [7, 11) is 0. The van der Waals surface area contributed by atoms with Gasteiger partial charge in [-0.25, -0.2) is 0 Å². The summed E-state index contributed by atoms with van der Waals surface area (Å²) in [5.41, 5.74) is 1.84. The Morgan fingerprint density at radius 1 is 1.08 bits per heavy atom. The highest BCUT2D eigenvalue weighted by Crippen LogP contribution is 2.29. The van der Waals surface area contributed by atoms with E-state index >= 15 is 0 Å². The largest absolute Gasteiger partial charge is 0.273 e. The van der Waals surface area contributed by atoms with Crippen molar-refractivity contribution < 1.29 is 9.85 Å². The smallest absolute Gasteiger partial charge is 0.258 e. The number of hydrogen-bond acceptors (Lipinski definition) is 5. The van der Waals surface area contributed by atoms with Crippen molar-refractivity contribution in [3.05, 3.63) is 79.4 Å². The monoisotopic (exact) mass is 337 g/mol. The number of hydrogen-bond donors (Lipinski definition) is 0. The second-order valence-corrected chi connectivity index (χ2v) is 5.70. The lowest BCUT2D eigenvalue weighted by Crippen LogP contribution is -1.97. The van der Waals surface area contributed by atoms with Gasteiger partial charge in [0.1, 0.15) is 0 Å². The van der Waals surface area contributed by atoms with Crippen LogP contribution in [0, 0.1) is 31.6 Å². The molecule has 0 bridgehead atoms. The number of nitriles is 1. The molecule has 0 N–H and O–H groups in total. The SMILES string of the molecule is CC(C)c1ccc(C=C(C#N)c2ccc([N+](=O)[O-])cc2)cc1[N+](=O)[O-]. The van der Waals surface area contributed by atoms with E-state index in [1.165, 1.54) is 36.4 Å². The van der Waals surface area contributed by atoms with Crippen LogP contribution < -0.4 is 0 Å². The first kappa shape index (κ1) is 17.8. The number of rotatable bonds is 5. The van der Waals surface area contributed by atoms with Crippen molar-refractivity contribution >= 4 is 23.0 Å². The fourth-order valence-corrected chi connectivity index (χ4v) is 2.41. The Kier molecular flexibility index (Phi) is 5.25. The Labute approximate surface area is 144 Å². The zero-order valence-electron chi connectivity index (χ0n) is 13.7. The standard InChI is InChI=1S/C18H15N3O4/c1-12(2)17-8-3-13(10-18(17)21(24)25)9-15(11-19)14-4-6-16(7-5-14)20(22)23/h3-10,12H,1-2H3. The molecule has 2 aromatic rings. The molecule has 2 aromatic carbocycles. The number of non-ortho nitro benzene ring substituents is 1. The molecule has 0 unspecified atom stereocenters. The molecule has 7 nitrogen and oxygen atoms in total. The van der Waals surface area contributed by atoms with Gasteiger partial charge in [-0.15, -0.1) is 0 Å². The lowest BCUT2D eigenvalue weighted by molar-refractivity contribution is -0.385. The molecular weight excluding hydrogens is 322 g/mol. The van der Waals surface area contributed by atoms with Crippen LogP contribution in [0.2, 0.25) is 0 Å². The predicted octanol–water partition coefficient (Wildman–Crippen LogP) is 4.69. The van der Waals surface area contributed by atoms with Crippen LogP contribution in [0.5, 0.6) is 0 Å². The van der Waals surface area contributed by atoms with E-state index in [1.54, 1.807) is 12.1 Å². The van der Waals surface area contributed by atoms with Crippen molar-refractivity contribution in [1.29, 1.82) is 5.26 Å². The molecule has 7 heteroatoms. The molecule has 0 aliphatic carbocycles. The molecule has 0 saturated carbocycles. The van der Waals surface area contributed by atoms with E-state index in [1.807, 2.05) is 19.9 Å². The molecule has 0 radical (unpaired) electrons. The fraction of sp³-hybridized carbons (Fsp3) is 0.167. The quantitative estimate of drug-likeness (QED) is 0.340. The maximum absolute atomic E-state index is 11.3. The lowest BCUT2D eigenvalue weighted by atomic mass is 9.97. The van der Waals surface area contributed by atoms with Crippen LogP contribution >= 0.6 is 0 Å². The second kappa shape index (κ2) is 7.36. The zero-order chi connectivity index (χ0) is 18.6. The Morgan fingerprint density at radius 3 is 2.20 bits per heavy atom. The Bertz CT molecular complexity index is 894. The van der Waals surface area contributed by atoms with Crippen molar-refractivity contribution in [1.82, 2.24) is 0 Å². The van der Waals surface area contributed by atoms with Crippen LogP contribution in [0.15, 0.2) is 42.5 Å². The number of nitro groups is 2. The van der Waals surface area contributed by atoms with Crippen molar-refractivity contribution in [2.45, 2.75) is 19.8 Å². The van der Waals surface area contributed by atoms with Crippen LogP contribution in [-0.4, -0.2) is 9.85 Å². The summed E-state index contributed by atoms with van der Waals surface area (Å²) in [4.78, 5) is 21.0. The molecule has 0 spiro atoms. The molecule has 0 aliphatic rings. The van der Waals surface area contributed by atoms with Crippen molar-refractivity contribution in [3.63, 3.8) is 0 Å². The number of nitrogens with zero attached hydrogens (tertiary/aromatic N) is 3. The van der Waals surface area contributed by atoms with Gasteiger partial charge < -0.3 is 0 Å². The predicted molar refractivity (Wildman–Crippen MR) is 93.8 cm³/mol. The summed E-state index contributed by atoms with van der Waals surface area (Å²) in [5, 5.41) is 31.3. The molecular formula is C18H15N3O4. The molecule has 0 aromatic heterocycles. The highest BCUT2D eigenvalue weighted by atomic mass is 16.6. The third-order valence-corrected chi connectivity index (χ3v) is 3.69. The van der Waals surface area contributed by atoms with Gasteiger partial charge in [0.15, 0.2) is 0 Å². The molecule has 0 amide bonds. The lowest BCUT2D eigenvalue weighted by Gasteiger charge is -2.07. The summed E-state index contributed by atoms with van der Waals surface area (Å²) in [6, 6.07) is 12.4. The van der Waals surface area contributed by atoms with Crippen molar-refractivity contribution in [3.8, 4) is 6.07 Å². The van der Waals surface area contributed by atoms with Gasteiger partial charge in [0.25, 0.3) is 11.4 Å². The third kappa shape index (κ3) is 4.06. The maximum Gasteiger partial charge on any atom is 0.273 e. The van der Waals surface area contributed by atoms with E-state index in [0.717, 1.165) is 0 Å². The molecule has 0 atom stereocenters. The average molecular weight is 337 g/mol. The number of benzene rings is 2. The van der Waals surface area contributed by atoms with Crippen LogP contribution in [0.25, 0.3) is 11.6 Å². The number of nitro benzene ring substituents is 2. The minimum atomic E-state index is -0.520. The van der Waals surface area contributed by atoms with Gasteiger partial charge in [0.2, 0.25) is 0 Å². The van der Waals surface area contributed by atoms with E-state index in [-0.39, 0.29) is 22.9 Å². The van der Waals surface area contributed by atoms with E-state index in [4.69, 9.17) is 0 Å².